The van der Waals surface area contributed by atoms with E-state index < -0.39 is 0 Å². The van der Waals surface area contributed by atoms with Crippen molar-refractivity contribution in [1.29, 1.82) is 0 Å². The molecular formula is C10H13Li. The second-order valence-corrected chi connectivity index (χ2v) is 3.39. The summed E-state index contributed by atoms with van der Waals surface area (Å²) >= 11 is 2.18. The Labute approximate surface area is 78.2 Å². The van der Waals surface area contributed by atoms with Crippen LogP contribution in [0.3, 0.4) is 0 Å². The molecule has 0 aliphatic carbocycles. The van der Waals surface area contributed by atoms with Gasteiger partial charge in [-0.1, -0.05) is 0 Å². The predicted octanol–water partition coefficient (Wildman–Crippen LogP) is 1.71. The van der Waals surface area contributed by atoms with Crippen LogP contribution in [0.4, 0.5) is 0 Å². The first-order chi connectivity index (χ1) is 5.04. The van der Waals surface area contributed by atoms with Crippen molar-refractivity contribution >= 4 is 22.0 Å². The van der Waals surface area contributed by atoms with E-state index in [0.717, 1.165) is 0 Å². The summed E-state index contributed by atoms with van der Waals surface area (Å²) < 4.78 is 1.41. The number of rotatable bonds is 0. The Bertz CT molecular complexity index is 261. The molecule has 1 aromatic rings. The van der Waals surface area contributed by atoms with Gasteiger partial charge in [-0.05, 0) is 0 Å². The van der Waals surface area contributed by atoms with Crippen LogP contribution in [-0.2, 0) is 0 Å². The van der Waals surface area contributed by atoms with Gasteiger partial charge in [-0.2, -0.15) is 0 Å². The first kappa shape index (κ1) is 8.91. The van der Waals surface area contributed by atoms with E-state index in [1.807, 2.05) is 0 Å². The molecule has 11 heavy (non-hydrogen) atoms. The Hall–Kier alpha value is -0.183. The Morgan fingerprint density at radius 2 is 1.45 bits per heavy atom. The average molecular weight is 140 g/mol. The van der Waals surface area contributed by atoms with Crippen LogP contribution >= 0.6 is 0 Å². The molecule has 0 saturated carbocycles. The molecule has 54 valence electrons. The van der Waals surface area contributed by atoms with Crippen molar-refractivity contribution in [2.45, 2.75) is 27.7 Å². The van der Waals surface area contributed by atoms with Gasteiger partial charge < -0.3 is 0 Å². The first-order valence-corrected chi connectivity index (χ1v) is 4.08. The fourth-order valence-corrected chi connectivity index (χ4v) is 1.41. The van der Waals surface area contributed by atoms with E-state index in [0.29, 0.717) is 0 Å². The number of benzene rings is 1. The zero-order valence-electron chi connectivity index (χ0n) is 8.08. The quantitative estimate of drug-likeness (QED) is 0.481. The second kappa shape index (κ2) is 3.05. The minimum atomic E-state index is 1.41. The summed E-state index contributed by atoms with van der Waals surface area (Å²) in [7, 11) is 0. The molecule has 0 N–H and O–H groups in total. The van der Waals surface area contributed by atoms with Crippen LogP contribution in [0.2, 0.25) is 0 Å². The molecule has 0 amide bonds. The van der Waals surface area contributed by atoms with Crippen molar-refractivity contribution in [3.05, 3.63) is 28.3 Å². The normalized spacial score (nSPS) is 10.4. The van der Waals surface area contributed by atoms with Gasteiger partial charge in [-0.25, -0.2) is 0 Å². The zero-order valence-corrected chi connectivity index (χ0v) is 8.08. The molecule has 0 spiro atoms. The molecule has 0 heterocycles. The van der Waals surface area contributed by atoms with Gasteiger partial charge in [0.25, 0.3) is 0 Å². The molecule has 1 rings (SSSR count). The minimum absolute atomic E-state index is 1.41. The molecule has 0 atom stereocenters. The predicted molar refractivity (Wildman–Crippen MR) is 50.8 cm³/mol. The van der Waals surface area contributed by atoms with Gasteiger partial charge in [-0.15, -0.1) is 0 Å². The third-order valence-electron chi connectivity index (χ3n) is 2.74. The van der Waals surface area contributed by atoms with Crippen molar-refractivity contribution in [3.63, 3.8) is 0 Å². The maximum atomic E-state index is 2.26. The number of hydrogen-bond acceptors (Lipinski definition) is 0. The molecule has 1 aromatic carbocycles. The molecule has 1 heteroatoms. The summed E-state index contributed by atoms with van der Waals surface area (Å²) in [4.78, 5) is 0. The van der Waals surface area contributed by atoms with Gasteiger partial charge in [0.2, 0.25) is 0 Å². The van der Waals surface area contributed by atoms with E-state index >= 15 is 0 Å². The topological polar surface area (TPSA) is 0 Å². The van der Waals surface area contributed by atoms with Crippen LogP contribution in [-0.4, -0.2) is 17.7 Å². The Balaban J connectivity index is 3.46. The third kappa shape index (κ3) is 1.53. The van der Waals surface area contributed by atoms with Crippen molar-refractivity contribution in [3.8, 4) is 0 Å². The molecule has 0 bridgehead atoms. The van der Waals surface area contributed by atoms with Crippen molar-refractivity contribution in [2.75, 3.05) is 0 Å². The van der Waals surface area contributed by atoms with Crippen molar-refractivity contribution < 1.29 is 0 Å². The van der Waals surface area contributed by atoms with E-state index in [1.165, 1.54) is 26.5 Å². The van der Waals surface area contributed by atoms with Crippen LogP contribution in [0.1, 0.15) is 22.3 Å². The molecule has 0 saturated heterocycles. The van der Waals surface area contributed by atoms with E-state index in [4.69, 9.17) is 0 Å². The standard InChI is InChI=1S/C10H13.Li/c1-7-5-6-8(2)10(4)9(7)3;/h5H,1-4H3;. The Kier molecular flexibility index (Phi) is 2.47. The second-order valence-electron chi connectivity index (χ2n) is 3.39. The van der Waals surface area contributed by atoms with E-state index in [9.17, 15) is 0 Å². The molecule has 0 unspecified atom stereocenters. The Morgan fingerprint density at radius 1 is 0.909 bits per heavy atom. The molecule has 0 aromatic heterocycles. The molecule has 0 radical (unpaired) electrons. The van der Waals surface area contributed by atoms with Crippen LogP contribution in [0, 0.1) is 27.7 Å². The summed E-state index contributed by atoms with van der Waals surface area (Å²) in [6, 6.07) is 2.26. The van der Waals surface area contributed by atoms with Gasteiger partial charge in [0, 0.05) is 0 Å². The molecule has 0 fully saturated rings. The van der Waals surface area contributed by atoms with E-state index in [2.05, 4.69) is 51.5 Å². The summed E-state index contributed by atoms with van der Waals surface area (Å²) in [5.74, 6) is 0. The molecular weight excluding hydrogens is 127 g/mol. The summed E-state index contributed by atoms with van der Waals surface area (Å²) in [6.45, 7) is 8.76. The monoisotopic (exact) mass is 140 g/mol. The van der Waals surface area contributed by atoms with Crippen molar-refractivity contribution in [2.24, 2.45) is 0 Å². The summed E-state index contributed by atoms with van der Waals surface area (Å²) in [5, 5.41) is 0. The van der Waals surface area contributed by atoms with Crippen LogP contribution < -0.4 is 4.24 Å². The fraction of sp³-hybridized carbons (Fsp3) is 0.400. The van der Waals surface area contributed by atoms with Gasteiger partial charge in [0.1, 0.15) is 0 Å². The Morgan fingerprint density at radius 3 is 2.00 bits per heavy atom. The SMILES string of the molecule is [Li][c]1cc(C)c(C)c(C)c1C. The van der Waals surface area contributed by atoms with E-state index in [-0.39, 0.29) is 0 Å². The molecule has 0 aliphatic rings. The van der Waals surface area contributed by atoms with Gasteiger partial charge in [0.05, 0.1) is 0 Å². The van der Waals surface area contributed by atoms with Crippen molar-refractivity contribution in [1.82, 2.24) is 0 Å². The fourth-order valence-electron chi connectivity index (χ4n) is 1.41. The van der Waals surface area contributed by atoms with Crippen LogP contribution in [0.5, 0.6) is 0 Å². The maximum absolute atomic E-state index is 2.26. The first-order valence-electron chi connectivity index (χ1n) is 4.08. The summed E-state index contributed by atoms with van der Waals surface area (Å²) in [5.41, 5.74) is 5.73. The van der Waals surface area contributed by atoms with Gasteiger partial charge in [0.15, 0.2) is 0 Å². The van der Waals surface area contributed by atoms with Gasteiger partial charge >= 0.3 is 78.0 Å². The third-order valence-corrected chi connectivity index (χ3v) is 2.74. The number of hydrogen-bond donors (Lipinski definition) is 0. The molecule has 0 aliphatic heterocycles. The molecule has 0 nitrogen and oxygen atoms in total. The van der Waals surface area contributed by atoms with Gasteiger partial charge in [-0.3, -0.25) is 0 Å². The zero-order chi connectivity index (χ0) is 8.59. The average Bonchev–Trinajstić information content (AvgIpc) is 1.97. The van der Waals surface area contributed by atoms with Crippen LogP contribution in [0.25, 0.3) is 0 Å². The van der Waals surface area contributed by atoms with E-state index in [1.54, 1.807) is 0 Å². The van der Waals surface area contributed by atoms with Crippen LogP contribution in [0.15, 0.2) is 6.07 Å². The summed E-state index contributed by atoms with van der Waals surface area (Å²) in [6.07, 6.45) is 0. The number of aryl methyl sites for hydroxylation is 1.